The molecule has 4 atom stereocenters. The Labute approximate surface area is 307 Å². The first kappa shape index (κ1) is 32.4. The van der Waals surface area contributed by atoms with Crippen LogP contribution in [0.1, 0.15) is 22.3 Å². The summed E-state index contributed by atoms with van der Waals surface area (Å²) in [4.78, 5) is 48.2. The van der Waals surface area contributed by atoms with Crippen molar-refractivity contribution in [1.82, 2.24) is 0 Å². The fourth-order valence-electron chi connectivity index (χ4n) is 9.33. The van der Waals surface area contributed by atoms with Crippen molar-refractivity contribution in [2.45, 2.75) is 10.8 Å². The van der Waals surface area contributed by atoms with Gasteiger partial charge in [-0.3, -0.25) is 14.4 Å². The molecular weight excluding hydrogens is 659 g/mol. The summed E-state index contributed by atoms with van der Waals surface area (Å²) in [7, 11) is 3.23. The minimum Gasteiger partial charge on any atom is -0.497 e. The number of imide groups is 1. The lowest BCUT2D eigenvalue weighted by molar-refractivity contribution is -0.130. The molecule has 1 aliphatic heterocycles. The molecule has 1 saturated carbocycles. The van der Waals surface area contributed by atoms with E-state index in [1.807, 2.05) is 164 Å². The second-order valence-corrected chi connectivity index (χ2v) is 13.8. The highest BCUT2D eigenvalue weighted by atomic mass is 16.5. The molecule has 0 unspecified atom stereocenters. The van der Waals surface area contributed by atoms with Gasteiger partial charge in [-0.1, -0.05) is 127 Å². The number of nitrogens with zero attached hydrogens (tertiary/aromatic N) is 1. The molecule has 53 heavy (non-hydrogen) atoms. The molecule has 258 valence electrons. The number of methoxy groups -OCH3 is 2. The Morgan fingerprint density at radius 2 is 0.792 bits per heavy atom. The molecule has 2 amide bonds. The van der Waals surface area contributed by atoms with E-state index in [-0.39, 0.29) is 17.6 Å². The van der Waals surface area contributed by atoms with E-state index in [1.54, 1.807) is 14.2 Å². The van der Waals surface area contributed by atoms with Crippen LogP contribution in [-0.4, -0.2) is 31.8 Å². The average molecular weight is 694 g/mol. The number of benzene rings is 6. The average Bonchev–Trinajstić information content (AvgIpc) is 3.74. The first-order valence-corrected chi connectivity index (χ1v) is 17.7. The zero-order valence-corrected chi connectivity index (χ0v) is 29.2. The lowest BCUT2D eigenvalue weighted by Gasteiger charge is -2.39. The monoisotopic (exact) mass is 693 g/mol. The summed E-state index contributed by atoms with van der Waals surface area (Å²) in [6.07, 6.45) is 0. The van der Waals surface area contributed by atoms with E-state index in [2.05, 4.69) is 0 Å². The molecule has 2 fully saturated rings. The third-order valence-corrected chi connectivity index (χ3v) is 11.4. The van der Waals surface area contributed by atoms with Gasteiger partial charge in [0.25, 0.3) is 0 Å². The molecule has 0 radical (unpaired) electrons. The number of fused-ring (bicyclic) bond motifs is 5. The quantitative estimate of drug-likeness (QED) is 0.150. The third kappa shape index (κ3) is 4.42. The van der Waals surface area contributed by atoms with Crippen LogP contribution in [0.25, 0.3) is 22.3 Å². The highest BCUT2D eigenvalue weighted by Crippen LogP contribution is 2.74. The first-order valence-electron chi connectivity index (χ1n) is 17.7. The smallest absolute Gasteiger partial charge is 0.239 e. The number of hydrogen-bond donors (Lipinski definition) is 0. The van der Waals surface area contributed by atoms with Crippen molar-refractivity contribution in [3.63, 3.8) is 0 Å². The molecule has 9 rings (SSSR count). The lowest BCUT2D eigenvalue weighted by atomic mass is 9.59. The van der Waals surface area contributed by atoms with Gasteiger partial charge in [0.1, 0.15) is 11.5 Å². The van der Waals surface area contributed by atoms with Gasteiger partial charge in [-0.05, 0) is 80.9 Å². The number of allylic oxidation sites excluding steroid dienone is 2. The number of ether oxygens (including phenoxy) is 2. The number of carbonyl (C=O) groups is 3. The molecule has 6 heteroatoms. The van der Waals surface area contributed by atoms with Crippen molar-refractivity contribution < 1.29 is 23.9 Å². The van der Waals surface area contributed by atoms with E-state index in [1.165, 1.54) is 4.90 Å². The van der Waals surface area contributed by atoms with Crippen LogP contribution in [0.15, 0.2) is 164 Å². The fraction of sp³-hybridized carbons (Fsp3) is 0.128. The summed E-state index contributed by atoms with van der Waals surface area (Å²) in [5.74, 6) is -1.65. The molecule has 1 heterocycles. The van der Waals surface area contributed by atoms with Crippen LogP contribution in [-0.2, 0) is 25.2 Å². The molecule has 1 saturated heterocycles. The summed E-state index contributed by atoms with van der Waals surface area (Å²) in [6.45, 7) is 0. The maximum atomic E-state index is 16.2. The van der Waals surface area contributed by atoms with E-state index in [0.29, 0.717) is 39.5 Å². The predicted molar refractivity (Wildman–Crippen MR) is 205 cm³/mol. The molecule has 6 nitrogen and oxygen atoms in total. The maximum Gasteiger partial charge on any atom is 0.239 e. The second kappa shape index (κ2) is 12.3. The minimum atomic E-state index is -1.50. The highest BCUT2D eigenvalue weighted by molar-refractivity contribution is 6.39. The van der Waals surface area contributed by atoms with Crippen LogP contribution < -0.4 is 14.4 Å². The molecule has 2 aliphatic carbocycles. The molecule has 0 spiro atoms. The zero-order valence-electron chi connectivity index (χ0n) is 29.2. The third-order valence-electron chi connectivity index (χ3n) is 11.4. The normalized spacial score (nSPS) is 23.1. The maximum absolute atomic E-state index is 16.2. The largest absolute Gasteiger partial charge is 0.497 e. The van der Waals surface area contributed by atoms with Crippen molar-refractivity contribution in [3.05, 3.63) is 186 Å². The number of Topliss-reactive ketones (excluding diaryl/α,β-unsaturated/α-hetero) is 1. The van der Waals surface area contributed by atoms with E-state index < -0.39 is 22.7 Å². The Bertz CT molecular complexity index is 2280. The van der Waals surface area contributed by atoms with Crippen molar-refractivity contribution in [2.75, 3.05) is 19.1 Å². The molecule has 6 aromatic rings. The molecule has 3 aliphatic rings. The SMILES string of the molecule is COc1ccc(C2=C(c3ccc(OC)cc3)[C@@]3(c4ccccc4)C(=O)[C@@]2(c2ccccc2)[C@@H]2C(=O)N(c4ccc(-c5ccccc5)cc4)C(=O)[C@@H]23)cc1. The molecule has 2 bridgehead atoms. The van der Waals surface area contributed by atoms with Gasteiger partial charge in [0.15, 0.2) is 5.78 Å². The minimum absolute atomic E-state index is 0.171. The number of anilines is 1. The Hall–Kier alpha value is -6.53. The standard InChI is InChI=1S/C47H35NO5/c1-52-37-26-20-32(21-27-37)39-40(33-22-28-38(53-2)29-23-33)47(35-16-10-5-11-17-35)42-41(46(39,45(47)51)34-14-8-4-9-15-34)43(49)48(44(42)50)36-24-18-31(19-25-36)30-12-6-3-7-13-30/h3-29,41-42H,1-2H3/t41-,42+,46-,47-/m1/s1. The molecule has 0 aromatic heterocycles. The van der Waals surface area contributed by atoms with Gasteiger partial charge in [-0.25, -0.2) is 4.90 Å². The van der Waals surface area contributed by atoms with Gasteiger partial charge >= 0.3 is 0 Å². The summed E-state index contributed by atoms with van der Waals surface area (Å²) in [5, 5.41) is 0. The topological polar surface area (TPSA) is 72.9 Å². The predicted octanol–water partition coefficient (Wildman–Crippen LogP) is 8.56. The van der Waals surface area contributed by atoms with E-state index in [0.717, 1.165) is 22.3 Å². The Morgan fingerprint density at radius 1 is 0.434 bits per heavy atom. The number of carbonyl (C=O) groups excluding carboxylic acids is 3. The van der Waals surface area contributed by atoms with Gasteiger partial charge in [-0.2, -0.15) is 0 Å². The van der Waals surface area contributed by atoms with Crippen LogP contribution in [0.5, 0.6) is 11.5 Å². The summed E-state index contributed by atoms with van der Waals surface area (Å²) in [5.41, 5.74) is 3.80. The van der Waals surface area contributed by atoms with Gasteiger partial charge < -0.3 is 9.47 Å². The fourth-order valence-corrected chi connectivity index (χ4v) is 9.33. The number of ketones is 1. The van der Waals surface area contributed by atoms with Crippen LogP contribution in [0.3, 0.4) is 0 Å². The van der Waals surface area contributed by atoms with Crippen molar-refractivity contribution in [1.29, 1.82) is 0 Å². The number of amides is 2. The molecule has 0 N–H and O–H groups in total. The summed E-state index contributed by atoms with van der Waals surface area (Å²) < 4.78 is 11.1. The number of hydrogen-bond acceptors (Lipinski definition) is 5. The first-order chi connectivity index (χ1) is 26.0. The second-order valence-electron chi connectivity index (χ2n) is 13.8. The molecular formula is C47H35NO5. The van der Waals surface area contributed by atoms with E-state index in [9.17, 15) is 0 Å². The van der Waals surface area contributed by atoms with Crippen molar-refractivity contribution >= 4 is 34.4 Å². The summed E-state index contributed by atoms with van der Waals surface area (Å²) in [6, 6.07) is 51.9. The van der Waals surface area contributed by atoms with Gasteiger partial charge in [0.2, 0.25) is 11.8 Å². The Balaban J connectivity index is 1.36. The van der Waals surface area contributed by atoms with E-state index >= 15 is 14.4 Å². The van der Waals surface area contributed by atoms with Crippen LogP contribution >= 0.6 is 0 Å². The van der Waals surface area contributed by atoms with E-state index in [4.69, 9.17) is 9.47 Å². The van der Waals surface area contributed by atoms with Crippen molar-refractivity contribution in [3.8, 4) is 22.6 Å². The van der Waals surface area contributed by atoms with Crippen LogP contribution in [0.2, 0.25) is 0 Å². The highest BCUT2D eigenvalue weighted by Gasteiger charge is 2.82. The van der Waals surface area contributed by atoms with Crippen LogP contribution in [0, 0.1) is 11.8 Å². The van der Waals surface area contributed by atoms with Gasteiger partial charge in [-0.15, -0.1) is 0 Å². The Kier molecular flexibility index (Phi) is 7.52. The van der Waals surface area contributed by atoms with Crippen LogP contribution in [0.4, 0.5) is 5.69 Å². The number of rotatable bonds is 8. The van der Waals surface area contributed by atoms with Gasteiger partial charge in [0.05, 0.1) is 42.6 Å². The summed E-state index contributed by atoms with van der Waals surface area (Å²) >= 11 is 0. The molecule has 6 aromatic carbocycles. The van der Waals surface area contributed by atoms with Gasteiger partial charge in [0, 0.05) is 0 Å². The van der Waals surface area contributed by atoms with Crippen molar-refractivity contribution in [2.24, 2.45) is 11.8 Å². The zero-order chi connectivity index (χ0) is 36.3. The Morgan fingerprint density at radius 3 is 1.19 bits per heavy atom. The lowest BCUT2D eigenvalue weighted by Crippen LogP contribution is -2.45.